The maximum absolute atomic E-state index is 7.22. The van der Waals surface area contributed by atoms with Crippen LogP contribution in [0.4, 0.5) is 0 Å². The fourth-order valence-corrected chi connectivity index (χ4v) is 3.27. The van der Waals surface area contributed by atoms with Crippen LogP contribution >= 0.6 is 15.9 Å². The molecule has 7 heavy (non-hydrogen) atoms. The second-order valence-electron chi connectivity index (χ2n) is 2.96. The molecule has 0 nitrogen and oxygen atoms in total. The van der Waals surface area contributed by atoms with E-state index in [-0.39, 0.29) is 9.74 Å². The molecule has 0 aromatic heterocycles. The van der Waals surface area contributed by atoms with E-state index in [4.69, 9.17) is 4.11 Å². The maximum Gasteiger partial charge on any atom is 0.0273 e. The van der Waals surface area contributed by atoms with Gasteiger partial charge in [0.2, 0.25) is 0 Å². The van der Waals surface area contributed by atoms with Gasteiger partial charge in [-0.05, 0) is 24.7 Å². The quantitative estimate of drug-likeness (QED) is 0.482. The lowest BCUT2D eigenvalue weighted by Gasteiger charge is -2.66. The SMILES string of the molecule is [2H]C([2H])([2H])C12CC(Br)(C1)C2. The van der Waals surface area contributed by atoms with Crippen LogP contribution in [0.1, 0.15) is 30.2 Å². The van der Waals surface area contributed by atoms with E-state index in [0.29, 0.717) is 0 Å². The standard InChI is InChI=1S/C6H9Br/c1-5-2-6(7,3-5)4-5/h2-4H2,1H3/i1D3. The van der Waals surface area contributed by atoms with E-state index in [1.54, 1.807) is 0 Å². The molecule has 3 rings (SSSR count). The third-order valence-electron chi connectivity index (χ3n) is 1.97. The first kappa shape index (κ1) is 2.38. The Morgan fingerprint density at radius 2 is 2.14 bits per heavy atom. The summed E-state index contributed by atoms with van der Waals surface area (Å²) >= 11 is 3.51. The van der Waals surface area contributed by atoms with Crippen LogP contribution < -0.4 is 0 Å². The summed E-state index contributed by atoms with van der Waals surface area (Å²) in [5.41, 5.74) is -0.281. The van der Waals surface area contributed by atoms with Crippen molar-refractivity contribution in [3.63, 3.8) is 0 Å². The Balaban J connectivity index is 2.11. The van der Waals surface area contributed by atoms with Gasteiger partial charge in [0.25, 0.3) is 0 Å². The van der Waals surface area contributed by atoms with Gasteiger partial charge < -0.3 is 0 Å². The smallest absolute Gasteiger partial charge is 0.0273 e. The lowest BCUT2D eigenvalue weighted by Crippen LogP contribution is -2.61. The highest BCUT2D eigenvalue weighted by Crippen LogP contribution is 2.71. The van der Waals surface area contributed by atoms with E-state index in [1.165, 1.54) is 0 Å². The van der Waals surface area contributed by atoms with Gasteiger partial charge in [-0.15, -0.1) is 0 Å². The summed E-state index contributed by atoms with van der Waals surface area (Å²) in [4.78, 5) is 0. The van der Waals surface area contributed by atoms with E-state index in [1.807, 2.05) is 0 Å². The first-order chi connectivity index (χ1) is 4.37. The second kappa shape index (κ2) is 0.812. The van der Waals surface area contributed by atoms with Crippen molar-refractivity contribution in [2.45, 2.75) is 30.4 Å². The Hall–Kier alpha value is 0.480. The van der Waals surface area contributed by atoms with E-state index < -0.39 is 6.85 Å². The molecule has 3 aliphatic rings. The first-order valence-electron chi connectivity index (χ1n) is 4.06. The van der Waals surface area contributed by atoms with Crippen molar-refractivity contribution < 1.29 is 4.11 Å². The summed E-state index contributed by atoms with van der Waals surface area (Å²) in [6.45, 7) is -1.71. The number of alkyl halides is 1. The summed E-state index contributed by atoms with van der Waals surface area (Å²) in [6, 6.07) is 0. The molecule has 0 amide bonds. The molecule has 0 unspecified atom stereocenters. The largest absolute Gasteiger partial charge is 0.0853 e. The van der Waals surface area contributed by atoms with Crippen molar-refractivity contribution in [3.05, 3.63) is 0 Å². The van der Waals surface area contributed by atoms with Crippen LogP contribution in [0, 0.1) is 5.41 Å². The van der Waals surface area contributed by atoms with E-state index in [9.17, 15) is 0 Å². The van der Waals surface area contributed by atoms with Crippen LogP contribution in [0.3, 0.4) is 0 Å². The van der Waals surface area contributed by atoms with Crippen LogP contribution in [0.5, 0.6) is 0 Å². The molecular formula is C6H9Br. The van der Waals surface area contributed by atoms with Crippen molar-refractivity contribution in [2.75, 3.05) is 0 Å². The first-order valence-corrected chi connectivity index (χ1v) is 3.35. The monoisotopic (exact) mass is 163 g/mol. The minimum Gasteiger partial charge on any atom is -0.0853 e. The highest BCUT2D eigenvalue weighted by Gasteiger charge is 2.63. The van der Waals surface area contributed by atoms with Gasteiger partial charge in [0.15, 0.2) is 0 Å². The molecule has 3 saturated carbocycles. The van der Waals surface area contributed by atoms with Crippen LogP contribution in [-0.4, -0.2) is 4.32 Å². The van der Waals surface area contributed by atoms with Crippen molar-refractivity contribution in [1.82, 2.24) is 0 Å². The fraction of sp³-hybridized carbons (Fsp3) is 1.00. The van der Waals surface area contributed by atoms with Crippen molar-refractivity contribution in [1.29, 1.82) is 0 Å². The van der Waals surface area contributed by atoms with Gasteiger partial charge >= 0.3 is 0 Å². The molecule has 0 radical (unpaired) electrons. The zero-order valence-electron chi connectivity index (χ0n) is 7.00. The molecule has 0 aliphatic heterocycles. The van der Waals surface area contributed by atoms with Gasteiger partial charge in [0.05, 0.1) is 0 Å². The lowest BCUT2D eigenvalue weighted by atomic mass is 9.45. The average molecular weight is 164 g/mol. The molecule has 3 aliphatic carbocycles. The summed E-state index contributed by atoms with van der Waals surface area (Å²) in [5, 5.41) is 0. The van der Waals surface area contributed by atoms with Gasteiger partial charge in [0.1, 0.15) is 0 Å². The Bertz CT molecular complexity index is 164. The third kappa shape index (κ3) is 0.381. The minimum atomic E-state index is -1.71. The van der Waals surface area contributed by atoms with Gasteiger partial charge in [-0.3, -0.25) is 0 Å². The fourth-order valence-electron chi connectivity index (χ4n) is 1.66. The molecule has 0 saturated heterocycles. The average Bonchev–Trinajstić information content (AvgIpc) is 1.51. The molecule has 0 N–H and O–H groups in total. The summed E-state index contributed by atoms with van der Waals surface area (Å²) in [5.74, 6) is 0. The summed E-state index contributed by atoms with van der Waals surface area (Å²) < 4.78 is 21.9. The van der Waals surface area contributed by atoms with Gasteiger partial charge in [-0.25, -0.2) is 0 Å². The highest BCUT2D eigenvalue weighted by atomic mass is 79.9. The summed E-state index contributed by atoms with van der Waals surface area (Å²) in [6.07, 6.45) is 2.57. The predicted molar refractivity (Wildman–Crippen MR) is 33.6 cm³/mol. The van der Waals surface area contributed by atoms with E-state index >= 15 is 0 Å². The van der Waals surface area contributed by atoms with Crippen LogP contribution in [0.15, 0.2) is 0 Å². The van der Waals surface area contributed by atoms with Gasteiger partial charge in [-0.1, -0.05) is 22.8 Å². The molecule has 40 valence electrons. The van der Waals surface area contributed by atoms with E-state index in [2.05, 4.69) is 15.9 Å². The number of rotatable bonds is 0. The molecule has 1 heteroatoms. The Kier molecular flexibility index (Phi) is 0.276. The van der Waals surface area contributed by atoms with E-state index in [0.717, 1.165) is 19.3 Å². The van der Waals surface area contributed by atoms with Crippen LogP contribution in [0.25, 0.3) is 0 Å². The molecule has 0 spiro atoms. The topological polar surface area (TPSA) is 0 Å². The highest BCUT2D eigenvalue weighted by molar-refractivity contribution is 9.10. The van der Waals surface area contributed by atoms with Crippen molar-refractivity contribution >= 4 is 15.9 Å². The zero-order chi connectivity index (χ0) is 7.62. The second-order valence-corrected chi connectivity index (χ2v) is 4.64. The minimum absolute atomic E-state index is 0.238. The molecule has 0 atom stereocenters. The van der Waals surface area contributed by atoms with Crippen molar-refractivity contribution in [3.8, 4) is 0 Å². The lowest BCUT2D eigenvalue weighted by molar-refractivity contribution is -0.0506. The Morgan fingerprint density at radius 3 is 2.29 bits per heavy atom. The number of halogens is 1. The molecule has 0 aromatic rings. The number of hydrogen-bond acceptors (Lipinski definition) is 0. The Labute approximate surface area is 56.6 Å². The predicted octanol–water partition coefficient (Wildman–Crippen LogP) is 2.32. The normalized spacial score (nSPS) is 74.1. The third-order valence-corrected chi connectivity index (χ3v) is 2.81. The molecular weight excluding hydrogens is 152 g/mol. The number of hydrogen-bond donors (Lipinski definition) is 0. The Morgan fingerprint density at radius 1 is 1.57 bits per heavy atom. The molecule has 3 fully saturated rings. The van der Waals surface area contributed by atoms with Crippen LogP contribution in [-0.2, 0) is 0 Å². The van der Waals surface area contributed by atoms with Crippen molar-refractivity contribution in [2.24, 2.45) is 5.41 Å². The molecule has 0 heterocycles. The van der Waals surface area contributed by atoms with Crippen LogP contribution in [0.2, 0.25) is 0 Å². The summed E-state index contributed by atoms with van der Waals surface area (Å²) in [7, 11) is 0. The molecule has 2 bridgehead atoms. The maximum atomic E-state index is 7.22. The molecule has 0 aromatic carbocycles. The van der Waals surface area contributed by atoms with Gasteiger partial charge in [-0.2, -0.15) is 0 Å². The van der Waals surface area contributed by atoms with Gasteiger partial charge in [0, 0.05) is 8.44 Å². The zero-order valence-corrected chi connectivity index (χ0v) is 5.59.